The lowest BCUT2D eigenvalue weighted by Crippen LogP contribution is -2.07. The van der Waals surface area contributed by atoms with E-state index in [4.69, 9.17) is 22.1 Å². The van der Waals surface area contributed by atoms with Gasteiger partial charge in [-0.25, -0.2) is 9.18 Å². The zero-order chi connectivity index (χ0) is 13.8. The average molecular weight is 280 g/mol. The van der Waals surface area contributed by atoms with E-state index < -0.39 is 5.97 Å². The second-order valence-corrected chi connectivity index (χ2v) is 4.29. The molecule has 0 aliphatic heterocycles. The van der Waals surface area contributed by atoms with Gasteiger partial charge in [0.15, 0.2) is 0 Å². The largest absolute Gasteiger partial charge is 0.457 e. The Morgan fingerprint density at radius 3 is 2.58 bits per heavy atom. The molecule has 0 aliphatic rings. The number of esters is 1. The summed E-state index contributed by atoms with van der Waals surface area (Å²) in [6.07, 6.45) is 0. The standard InChI is InChI=1S/C14H11ClFNO2/c15-13-11(2-1-3-12(13)17)14(18)19-8-9-4-6-10(16)7-5-9/h1-7H,8,17H2. The molecule has 5 heteroatoms. The molecule has 98 valence electrons. The summed E-state index contributed by atoms with van der Waals surface area (Å²) in [5, 5.41) is 0.173. The van der Waals surface area contributed by atoms with Crippen LogP contribution in [0.5, 0.6) is 0 Å². The zero-order valence-electron chi connectivity index (χ0n) is 9.90. The van der Waals surface area contributed by atoms with E-state index in [2.05, 4.69) is 0 Å². The van der Waals surface area contributed by atoms with E-state index in [1.54, 1.807) is 24.3 Å². The number of carbonyl (C=O) groups is 1. The Morgan fingerprint density at radius 2 is 1.89 bits per heavy atom. The van der Waals surface area contributed by atoms with Gasteiger partial charge in [-0.2, -0.15) is 0 Å². The molecule has 0 radical (unpaired) electrons. The summed E-state index contributed by atoms with van der Waals surface area (Å²) in [5.41, 5.74) is 6.82. The maximum Gasteiger partial charge on any atom is 0.340 e. The van der Waals surface area contributed by atoms with Crippen LogP contribution in [-0.2, 0) is 11.3 Å². The Labute approximate surface area is 114 Å². The maximum absolute atomic E-state index is 12.7. The number of anilines is 1. The van der Waals surface area contributed by atoms with Crippen molar-refractivity contribution in [3.05, 3.63) is 64.4 Å². The summed E-state index contributed by atoms with van der Waals surface area (Å²) in [4.78, 5) is 11.8. The van der Waals surface area contributed by atoms with Crippen molar-refractivity contribution in [1.82, 2.24) is 0 Å². The lowest BCUT2D eigenvalue weighted by Gasteiger charge is -2.07. The summed E-state index contributed by atoms with van der Waals surface area (Å²) in [6, 6.07) is 10.4. The Balaban J connectivity index is 2.05. The summed E-state index contributed by atoms with van der Waals surface area (Å²) in [7, 11) is 0. The highest BCUT2D eigenvalue weighted by Gasteiger charge is 2.13. The molecule has 0 saturated heterocycles. The van der Waals surface area contributed by atoms with E-state index in [0.29, 0.717) is 11.3 Å². The minimum Gasteiger partial charge on any atom is -0.457 e. The monoisotopic (exact) mass is 279 g/mol. The van der Waals surface area contributed by atoms with Crippen LogP contribution in [0.4, 0.5) is 10.1 Å². The van der Waals surface area contributed by atoms with Gasteiger partial charge in [-0.1, -0.05) is 29.8 Å². The number of hydrogen-bond acceptors (Lipinski definition) is 3. The van der Waals surface area contributed by atoms with Crippen molar-refractivity contribution in [3.8, 4) is 0 Å². The van der Waals surface area contributed by atoms with Crippen LogP contribution in [0, 0.1) is 5.82 Å². The van der Waals surface area contributed by atoms with Crippen LogP contribution < -0.4 is 5.73 Å². The highest BCUT2D eigenvalue weighted by atomic mass is 35.5. The van der Waals surface area contributed by atoms with Crippen LogP contribution in [0.3, 0.4) is 0 Å². The zero-order valence-corrected chi connectivity index (χ0v) is 10.7. The first-order valence-corrected chi connectivity index (χ1v) is 5.91. The third-order valence-corrected chi connectivity index (χ3v) is 2.95. The van der Waals surface area contributed by atoms with Gasteiger partial charge in [0.2, 0.25) is 0 Å². The molecule has 0 atom stereocenters. The van der Waals surface area contributed by atoms with Gasteiger partial charge < -0.3 is 10.5 Å². The summed E-state index contributed by atoms with van der Waals surface area (Å²) >= 11 is 5.92. The third kappa shape index (κ3) is 3.23. The molecule has 0 amide bonds. The molecule has 0 aromatic heterocycles. The van der Waals surface area contributed by atoms with Crippen LogP contribution in [0.25, 0.3) is 0 Å². The molecule has 0 spiro atoms. The predicted octanol–water partition coefficient (Wildman–Crippen LogP) is 3.42. The van der Waals surface area contributed by atoms with Crippen molar-refractivity contribution in [3.63, 3.8) is 0 Å². The Kier molecular flexibility index (Phi) is 4.02. The van der Waals surface area contributed by atoms with Crippen molar-refractivity contribution in [2.24, 2.45) is 0 Å². The van der Waals surface area contributed by atoms with E-state index >= 15 is 0 Å². The number of benzene rings is 2. The molecule has 0 bridgehead atoms. The van der Waals surface area contributed by atoms with Crippen molar-refractivity contribution in [1.29, 1.82) is 0 Å². The number of carbonyl (C=O) groups excluding carboxylic acids is 1. The van der Waals surface area contributed by atoms with Crippen molar-refractivity contribution < 1.29 is 13.9 Å². The predicted molar refractivity (Wildman–Crippen MR) is 71.4 cm³/mol. The van der Waals surface area contributed by atoms with Crippen LogP contribution in [0.1, 0.15) is 15.9 Å². The van der Waals surface area contributed by atoms with Crippen molar-refractivity contribution >= 4 is 23.3 Å². The molecule has 2 aromatic rings. The highest BCUT2D eigenvalue weighted by Crippen LogP contribution is 2.23. The lowest BCUT2D eigenvalue weighted by atomic mass is 10.2. The fourth-order valence-electron chi connectivity index (χ4n) is 1.51. The molecule has 0 heterocycles. The molecular weight excluding hydrogens is 269 g/mol. The molecule has 2 N–H and O–H groups in total. The van der Waals surface area contributed by atoms with E-state index in [9.17, 15) is 9.18 Å². The topological polar surface area (TPSA) is 52.3 Å². The Morgan fingerprint density at radius 1 is 1.21 bits per heavy atom. The second kappa shape index (κ2) is 5.71. The molecule has 3 nitrogen and oxygen atoms in total. The molecule has 2 rings (SSSR count). The van der Waals surface area contributed by atoms with E-state index in [1.165, 1.54) is 18.2 Å². The average Bonchev–Trinajstić information content (AvgIpc) is 2.41. The minimum atomic E-state index is -0.568. The fraction of sp³-hybridized carbons (Fsp3) is 0.0714. The Hall–Kier alpha value is -2.07. The van der Waals surface area contributed by atoms with E-state index in [0.717, 1.165) is 0 Å². The molecule has 19 heavy (non-hydrogen) atoms. The molecule has 0 aliphatic carbocycles. The van der Waals surface area contributed by atoms with Gasteiger partial charge in [0.05, 0.1) is 16.3 Å². The normalized spacial score (nSPS) is 10.2. The maximum atomic E-state index is 12.7. The number of rotatable bonds is 3. The van der Waals surface area contributed by atoms with Gasteiger partial charge in [0.25, 0.3) is 0 Å². The first-order valence-electron chi connectivity index (χ1n) is 5.53. The van der Waals surface area contributed by atoms with Crippen molar-refractivity contribution in [2.75, 3.05) is 5.73 Å². The number of ether oxygens (including phenoxy) is 1. The Bertz CT molecular complexity index is 599. The summed E-state index contributed by atoms with van der Waals surface area (Å²) in [6.45, 7) is 0.0459. The second-order valence-electron chi connectivity index (χ2n) is 3.91. The van der Waals surface area contributed by atoms with Crippen LogP contribution in [0.2, 0.25) is 5.02 Å². The highest BCUT2D eigenvalue weighted by molar-refractivity contribution is 6.36. The van der Waals surface area contributed by atoms with Gasteiger partial charge in [0, 0.05) is 0 Å². The van der Waals surface area contributed by atoms with Gasteiger partial charge in [-0.3, -0.25) is 0 Å². The van der Waals surface area contributed by atoms with Gasteiger partial charge in [-0.15, -0.1) is 0 Å². The van der Waals surface area contributed by atoms with E-state index in [-0.39, 0.29) is 23.0 Å². The number of halogens is 2. The smallest absolute Gasteiger partial charge is 0.340 e. The fourth-order valence-corrected chi connectivity index (χ4v) is 1.72. The van der Waals surface area contributed by atoms with Gasteiger partial charge in [-0.05, 0) is 29.8 Å². The van der Waals surface area contributed by atoms with Gasteiger partial charge >= 0.3 is 5.97 Å². The summed E-state index contributed by atoms with van der Waals surface area (Å²) < 4.78 is 17.8. The third-order valence-electron chi connectivity index (χ3n) is 2.53. The SMILES string of the molecule is Nc1cccc(C(=O)OCc2ccc(F)cc2)c1Cl. The molecule has 0 saturated carbocycles. The first-order chi connectivity index (χ1) is 9.08. The van der Waals surface area contributed by atoms with Crippen molar-refractivity contribution in [2.45, 2.75) is 6.61 Å². The first kappa shape index (κ1) is 13.4. The molecule has 0 fully saturated rings. The lowest BCUT2D eigenvalue weighted by molar-refractivity contribution is 0.0473. The quantitative estimate of drug-likeness (QED) is 0.692. The van der Waals surface area contributed by atoms with E-state index in [1.807, 2.05) is 0 Å². The van der Waals surface area contributed by atoms with Crippen LogP contribution in [0.15, 0.2) is 42.5 Å². The number of hydrogen-bond donors (Lipinski definition) is 1. The van der Waals surface area contributed by atoms with Gasteiger partial charge in [0.1, 0.15) is 12.4 Å². The molecule has 0 unspecified atom stereocenters. The number of nitrogen functional groups attached to an aromatic ring is 1. The molecular formula is C14H11ClFNO2. The van der Waals surface area contributed by atoms with Crippen LogP contribution in [-0.4, -0.2) is 5.97 Å². The minimum absolute atomic E-state index is 0.0459. The molecule has 2 aromatic carbocycles. The number of nitrogens with two attached hydrogens (primary N) is 1. The summed E-state index contributed by atoms with van der Waals surface area (Å²) in [5.74, 6) is -0.907. The van der Waals surface area contributed by atoms with Crippen LogP contribution >= 0.6 is 11.6 Å².